The molecule has 0 bridgehead atoms. The molecule has 1 atom stereocenters. The van der Waals surface area contributed by atoms with Crippen LogP contribution < -0.4 is 0 Å². The summed E-state index contributed by atoms with van der Waals surface area (Å²) in [7, 11) is 0. The lowest BCUT2D eigenvalue weighted by atomic mass is 9.87. The maximum Gasteiger partial charge on any atom is 0.0707 e. The summed E-state index contributed by atoms with van der Waals surface area (Å²) in [6, 6.07) is 0. The molecule has 0 aromatic heterocycles. The third-order valence-corrected chi connectivity index (χ3v) is 3.21. The lowest BCUT2D eigenvalue weighted by Gasteiger charge is -2.37. The van der Waals surface area contributed by atoms with Crippen molar-refractivity contribution in [1.29, 1.82) is 0 Å². The van der Waals surface area contributed by atoms with Gasteiger partial charge < -0.3 is 10.2 Å². The summed E-state index contributed by atoms with van der Waals surface area (Å²) >= 11 is 0. The second-order valence-electron chi connectivity index (χ2n) is 3.74. The Morgan fingerprint density at radius 1 is 1.54 bits per heavy atom. The molecule has 0 radical (unpaired) electrons. The average molecular weight is 183 g/mol. The fourth-order valence-electron chi connectivity index (χ4n) is 2.06. The van der Waals surface area contributed by atoms with Crippen LogP contribution in [-0.2, 0) is 0 Å². The highest BCUT2D eigenvalue weighted by atomic mass is 16.3. The Morgan fingerprint density at radius 3 is 2.62 bits per heavy atom. The van der Waals surface area contributed by atoms with Crippen LogP contribution in [0.3, 0.4) is 0 Å². The van der Waals surface area contributed by atoms with E-state index in [-0.39, 0.29) is 13.2 Å². The molecule has 0 spiro atoms. The van der Waals surface area contributed by atoms with Crippen molar-refractivity contribution in [2.75, 3.05) is 26.3 Å². The van der Waals surface area contributed by atoms with Crippen LogP contribution >= 0.6 is 0 Å². The van der Waals surface area contributed by atoms with Gasteiger partial charge in [-0.1, -0.05) is 12.8 Å². The average Bonchev–Trinajstić information content (AvgIpc) is 2.45. The van der Waals surface area contributed by atoms with E-state index in [2.05, 4.69) is 5.92 Å². The van der Waals surface area contributed by atoms with Gasteiger partial charge in [0.25, 0.3) is 0 Å². The first-order valence-electron chi connectivity index (χ1n) is 4.61. The molecule has 1 heterocycles. The molecular weight excluding hydrogens is 166 g/mol. The Bertz CT molecular complexity index is 205. The highest BCUT2D eigenvalue weighted by molar-refractivity contribution is 5.04. The zero-order valence-electron chi connectivity index (χ0n) is 8.03. The molecule has 1 fully saturated rings. The van der Waals surface area contributed by atoms with Crippen LogP contribution in [0.2, 0.25) is 0 Å². The molecule has 0 aliphatic carbocycles. The normalized spacial score (nSPS) is 27.4. The second-order valence-corrected chi connectivity index (χ2v) is 3.74. The minimum atomic E-state index is -0.494. The molecule has 1 saturated heterocycles. The Balaban J connectivity index is 2.80. The Hall–Kier alpha value is -0.560. The monoisotopic (exact) mass is 183 g/mol. The van der Waals surface area contributed by atoms with Crippen molar-refractivity contribution in [3.05, 3.63) is 0 Å². The summed E-state index contributed by atoms with van der Waals surface area (Å²) in [5.74, 6) is 2.86. The summed E-state index contributed by atoms with van der Waals surface area (Å²) in [5.41, 5.74) is -0.494. The number of aliphatic hydroxyl groups excluding tert-OH is 2. The van der Waals surface area contributed by atoms with Crippen molar-refractivity contribution >= 4 is 0 Å². The zero-order valence-corrected chi connectivity index (χ0v) is 8.03. The standard InChI is InChI=1S/C10H17NO2/c1-3-5-11-6-4-9(2)10(11,7-12)8-13/h1,9,12-13H,4-8H2,2H3. The molecule has 0 saturated carbocycles. The molecule has 1 unspecified atom stereocenters. The van der Waals surface area contributed by atoms with Crippen molar-refractivity contribution < 1.29 is 10.2 Å². The Labute approximate surface area is 79.4 Å². The van der Waals surface area contributed by atoms with Crippen LogP contribution in [0.15, 0.2) is 0 Å². The van der Waals surface area contributed by atoms with Gasteiger partial charge in [0, 0.05) is 6.54 Å². The topological polar surface area (TPSA) is 43.7 Å². The fraction of sp³-hybridized carbons (Fsp3) is 0.800. The van der Waals surface area contributed by atoms with Crippen molar-refractivity contribution in [1.82, 2.24) is 4.90 Å². The van der Waals surface area contributed by atoms with E-state index in [1.807, 2.05) is 11.8 Å². The van der Waals surface area contributed by atoms with Crippen LogP contribution in [0.5, 0.6) is 0 Å². The highest BCUT2D eigenvalue weighted by Crippen LogP contribution is 2.33. The Kier molecular flexibility index (Phi) is 3.32. The van der Waals surface area contributed by atoms with Gasteiger partial charge in [-0.3, -0.25) is 4.90 Å². The number of rotatable bonds is 3. The molecule has 1 rings (SSSR count). The lowest BCUT2D eigenvalue weighted by Crippen LogP contribution is -2.53. The highest BCUT2D eigenvalue weighted by Gasteiger charge is 2.45. The van der Waals surface area contributed by atoms with E-state index < -0.39 is 5.54 Å². The first-order chi connectivity index (χ1) is 6.21. The molecule has 0 aromatic rings. The molecule has 1 aliphatic rings. The van der Waals surface area contributed by atoms with Gasteiger partial charge >= 0.3 is 0 Å². The maximum atomic E-state index is 9.31. The van der Waals surface area contributed by atoms with E-state index in [0.29, 0.717) is 12.5 Å². The van der Waals surface area contributed by atoms with E-state index in [9.17, 15) is 10.2 Å². The van der Waals surface area contributed by atoms with Gasteiger partial charge in [-0.15, -0.1) is 6.42 Å². The molecule has 3 nitrogen and oxygen atoms in total. The van der Waals surface area contributed by atoms with E-state index in [1.165, 1.54) is 0 Å². The lowest BCUT2D eigenvalue weighted by molar-refractivity contribution is -0.000349. The van der Waals surface area contributed by atoms with Gasteiger partial charge in [-0.05, 0) is 12.3 Å². The van der Waals surface area contributed by atoms with Crippen LogP contribution in [0, 0.1) is 18.3 Å². The van der Waals surface area contributed by atoms with Crippen LogP contribution in [0.25, 0.3) is 0 Å². The van der Waals surface area contributed by atoms with Gasteiger partial charge in [0.15, 0.2) is 0 Å². The molecule has 0 amide bonds. The first kappa shape index (κ1) is 10.5. The van der Waals surface area contributed by atoms with Crippen molar-refractivity contribution in [3.8, 4) is 12.3 Å². The minimum absolute atomic E-state index is 0.0215. The van der Waals surface area contributed by atoms with Crippen LogP contribution in [0.4, 0.5) is 0 Å². The van der Waals surface area contributed by atoms with Gasteiger partial charge in [-0.2, -0.15) is 0 Å². The van der Waals surface area contributed by atoms with Gasteiger partial charge in [0.2, 0.25) is 0 Å². The molecule has 0 aromatic carbocycles. The van der Waals surface area contributed by atoms with E-state index in [4.69, 9.17) is 6.42 Å². The largest absolute Gasteiger partial charge is 0.394 e. The molecule has 1 aliphatic heterocycles. The number of hydrogen-bond donors (Lipinski definition) is 2. The van der Waals surface area contributed by atoms with Gasteiger partial charge in [-0.25, -0.2) is 0 Å². The van der Waals surface area contributed by atoms with Crippen molar-refractivity contribution in [2.24, 2.45) is 5.92 Å². The predicted molar refractivity (Wildman–Crippen MR) is 51.1 cm³/mol. The smallest absolute Gasteiger partial charge is 0.0707 e. The second kappa shape index (κ2) is 4.10. The number of likely N-dealkylation sites (tertiary alicyclic amines) is 1. The zero-order chi connectivity index (χ0) is 9.90. The number of aliphatic hydroxyl groups is 2. The molecule has 2 N–H and O–H groups in total. The summed E-state index contributed by atoms with van der Waals surface area (Å²) in [6.45, 7) is 3.37. The SMILES string of the molecule is C#CCN1CCC(C)C1(CO)CO. The Morgan fingerprint density at radius 2 is 2.15 bits per heavy atom. The van der Waals surface area contributed by atoms with E-state index in [0.717, 1.165) is 13.0 Å². The summed E-state index contributed by atoms with van der Waals surface area (Å²) in [4.78, 5) is 2.00. The van der Waals surface area contributed by atoms with Gasteiger partial charge in [0.1, 0.15) is 0 Å². The maximum absolute atomic E-state index is 9.31. The summed E-state index contributed by atoms with van der Waals surface area (Å²) in [6.07, 6.45) is 6.22. The van der Waals surface area contributed by atoms with Crippen molar-refractivity contribution in [2.45, 2.75) is 18.9 Å². The molecule has 13 heavy (non-hydrogen) atoms. The quantitative estimate of drug-likeness (QED) is 0.590. The number of terminal acetylenes is 1. The van der Waals surface area contributed by atoms with E-state index >= 15 is 0 Å². The fourth-order valence-corrected chi connectivity index (χ4v) is 2.06. The molecule has 74 valence electrons. The first-order valence-corrected chi connectivity index (χ1v) is 4.61. The predicted octanol–water partition coefficient (Wildman–Crippen LogP) is -0.315. The van der Waals surface area contributed by atoms with Crippen LogP contribution in [-0.4, -0.2) is 47.0 Å². The third-order valence-electron chi connectivity index (χ3n) is 3.21. The van der Waals surface area contributed by atoms with Crippen molar-refractivity contribution in [3.63, 3.8) is 0 Å². The van der Waals surface area contributed by atoms with Gasteiger partial charge in [0.05, 0.1) is 25.3 Å². The minimum Gasteiger partial charge on any atom is -0.394 e. The molecular formula is C10H17NO2. The van der Waals surface area contributed by atoms with E-state index in [1.54, 1.807) is 0 Å². The molecule has 3 heteroatoms. The summed E-state index contributed by atoms with van der Waals surface area (Å²) < 4.78 is 0. The van der Waals surface area contributed by atoms with Crippen LogP contribution in [0.1, 0.15) is 13.3 Å². The number of nitrogens with zero attached hydrogens (tertiary/aromatic N) is 1. The summed E-state index contributed by atoms with van der Waals surface area (Å²) in [5, 5.41) is 18.6. The number of hydrogen-bond acceptors (Lipinski definition) is 3. The third kappa shape index (κ3) is 1.58.